The minimum absolute atomic E-state index is 0.0915. The Morgan fingerprint density at radius 3 is 2.30 bits per heavy atom. The summed E-state index contributed by atoms with van der Waals surface area (Å²) >= 11 is 0. The van der Waals surface area contributed by atoms with Crippen LogP contribution in [0.2, 0.25) is 0 Å². The van der Waals surface area contributed by atoms with Crippen LogP contribution < -0.4 is 0 Å². The minimum Gasteiger partial charge on any atom is -0.508 e. The molecule has 0 fully saturated rings. The van der Waals surface area contributed by atoms with E-state index in [4.69, 9.17) is 0 Å². The molecular formula is C26H16F3N3O. The molecule has 2 aromatic heterocycles. The summed E-state index contributed by atoms with van der Waals surface area (Å²) in [5.41, 5.74) is 2.33. The molecule has 5 rings (SSSR count). The molecule has 0 aliphatic heterocycles. The van der Waals surface area contributed by atoms with Crippen LogP contribution in [-0.4, -0.2) is 20.1 Å². The number of pyridine rings is 1. The third-order valence-corrected chi connectivity index (χ3v) is 5.25. The van der Waals surface area contributed by atoms with Gasteiger partial charge in [0, 0.05) is 28.3 Å². The van der Waals surface area contributed by atoms with E-state index in [1.165, 1.54) is 18.2 Å². The average molecular weight is 443 g/mol. The fourth-order valence-electron chi connectivity index (χ4n) is 3.60. The molecular weight excluding hydrogens is 427 g/mol. The molecule has 0 aliphatic carbocycles. The van der Waals surface area contributed by atoms with Crippen molar-refractivity contribution >= 4 is 10.9 Å². The Labute approximate surface area is 187 Å². The van der Waals surface area contributed by atoms with Gasteiger partial charge in [-0.05, 0) is 48.5 Å². The molecule has 0 amide bonds. The van der Waals surface area contributed by atoms with E-state index < -0.39 is 11.7 Å². The first-order valence-electron chi connectivity index (χ1n) is 10.1. The molecule has 0 unspecified atom stereocenters. The second-order valence-electron chi connectivity index (χ2n) is 7.47. The number of halogens is 3. The van der Waals surface area contributed by atoms with Crippen molar-refractivity contribution in [1.82, 2.24) is 15.0 Å². The number of hydrogen-bond acceptors (Lipinski definition) is 4. The fourth-order valence-corrected chi connectivity index (χ4v) is 3.60. The Morgan fingerprint density at radius 2 is 1.52 bits per heavy atom. The molecule has 0 spiro atoms. The third-order valence-electron chi connectivity index (χ3n) is 5.25. The van der Waals surface area contributed by atoms with E-state index in [9.17, 15) is 18.3 Å². The SMILES string of the molecule is Oc1ccc(-c2ncc(-c3ccc4ccccc4n3)c(-c3cccc(C(F)(F)F)c3)n2)cc1. The van der Waals surface area contributed by atoms with Crippen LogP contribution in [0.4, 0.5) is 13.2 Å². The van der Waals surface area contributed by atoms with Crippen molar-refractivity contribution in [1.29, 1.82) is 0 Å². The number of nitrogens with zero attached hydrogens (tertiary/aromatic N) is 3. The number of phenolic OH excluding ortho intramolecular Hbond substituents is 1. The predicted octanol–water partition coefficient (Wildman–Crippen LogP) is 6.75. The van der Waals surface area contributed by atoms with Crippen LogP contribution in [0.3, 0.4) is 0 Å². The van der Waals surface area contributed by atoms with E-state index >= 15 is 0 Å². The molecule has 0 saturated carbocycles. The van der Waals surface area contributed by atoms with Gasteiger partial charge in [-0.3, -0.25) is 0 Å². The van der Waals surface area contributed by atoms with Crippen molar-refractivity contribution in [2.24, 2.45) is 0 Å². The maximum absolute atomic E-state index is 13.4. The molecule has 3 aromatic carbocycles. The highest BCUT2D eigenvalue weighted by atomic mass is 19.4. The van der Waals surface area contributed by atoms with Crippen LogP contribution in [0.15, 0.2) is 91.1 Å². The number of para-hydroxylation sites is 1. The van der Waals surface area contributed by atoms with Gasteiger partial charge in [0.2, 0.25) is 0 Å². The zero-order chi connectivity index (χ0) is 23.0. The molecule has 1 N–H and O–H groups in total. The van der Waals surface area contributed by atoms with Crippen molar-refractivity contribution in [2.45, 2.75) is 6.18 Å². The number of rotatable bonds is 3. The highest BCUT2D eigenvalue weighted by Gasteiger charge is 2.31. The van der Waals surface area contributed by atoms with Gasteiger partial charge < -0.3 is 5.11 Å². The Bertz CT molecular complexity index is 1460. The quantitative estimate of drug-likeness (QED) is 0.335. The summed E-state index contributed by atoms with van der Waals surface area (Å²) < 4.78 is 40.2. The average Bonchev–Trinajstić information content (AvgIpc) is 2.83. The lowest BCUT2D eigenvalue weighted by Crippen LogP contribution is -2.05. The third kappa shape index (κ3) is 4.13. The maximum atomic E-state index is 13.4. The zero-order valence-electron chi connectivity index (χ0n) is 17.1. The Morgan fingerprint density at radius 1 is 0.727 bits per heavy atom. The number of hydrogen-bond donors (Lipinski definition) is 1. The first kappa shape index (κ1) is 20.6. The Hall–Kier alpha value is -4.26. The molecule has 33 heavy (non-hydrogen) atoms. The van der Waals surface area contributed by atoms with Crippen LogP contribution in [0, 0.1) is 0 Å². The van der Waals surface area contributed by atoms with E-state index in [1.54, 1.807) is 30.5 Å². The van der Waals surface area contributed by atoms with E-state index in [2.05, 4.69) is 15.0 Å². The lowest BCUT2D eigenvalue weighted by Gasteiger charge is -2.13. The van der Waals surface area contributed by atoms with Gasteiger partial charge in [0.25, 0.3) is 0 Å². The van der Waals surface area contributed by atoms with Gasteiger partial charge >= 0.3 is 6.18 Å². The summed E-state index contributed by atoms with van der Waals surface area (Å²) in [5, 5.41) is 10.5. The molecule has 0 radical (unpaired) electrons. The van der Waals surface area contributed by atoms with Crippen molar-refractivity contribution in [3.8, 4) is 39.7 Å². The second-order valence-corrected chi connectivity index (χ2v) is 7.47. The van der Waals surface area contributed by atoms with E-state index in [0.717, 1.165) is 23.0 Å². The van der Waals surface area contributed by atoms with Gasteiger partial charge in [-0.15, -0.1) is 0 Å². The van der Waals surface area contributed by atoms with Crippen molar-refractivity contribution in [3.05, 3.63) is 96.7 Å². The summed E-state index contributed by atoms with van der Waals surface area (Å²) in [7, 11) is 0. The van der Waals surface area contributed by atoms with Gasteiger partial charge in [0.15, 0.2) is 5.82 Å². The number of aromatic hydroxyl groups is 1. The number of fused-ring (bicyclic) bond motifs is 1. The van der Waals surface area contributed by atoms with Gasteiger partial charge in [-0.1, -0.05) is 36.4 Å². The number of alkyl halides is 3. The molecule has 0 saturated heterocycles. The number of phenols is 1. The largest absolute Gasteiger partial charge is 0.508 e. The Balaban J connectivity index is 1.72. The monoisotopic (exact) mass is 443 g/mol. The number of aromatic nitrogens is 3. The molecule has 2 heterocycles. The van der Waals surface area contributed by atoms with Crippen molar-refractivity contribution in [3.63, 3.8) is 0 Å². The summed E-state index contributed by atoms with van der Waals surface area (Å²) in [6.07, 6.45) is -2.91. The maximum Gasteiger partial charge on any atom is 0.416 e. The van der Waals surface area contributed by atoms with Crippen LogP contribution in [0.1, 0.15) is 5.56 Å². The van der Waals surface area contributed by atoms with Crippen molar-refractivity contribution in [2.75, 3.05) is 0 Å². The molecule has 7 heteroatoms. The van der Waals surface area contributed by atoms with Gasteiger partial charge in [0.1, 0.15) is 5.75 Å². The smallest absolute Gasteiger partial charge is 0.416 e. The Kier molecular flexibility index (Phi) is 5.01. The first-order chi connectivity index (χ1) is 15.9. The molecule has 5 aromatic rings. The van der Waals surface area contributed by atoms with Crippen LogP contribution in [0.5, 0.6) is 5.75 Å². The summed E-state index contributed by atoms with van der Waals surface area (Å²) in [6, 6.07) is 22.6. The standard InChI is InChI=1S/C26H16F3N3O/c27-26(28,29)19-6-3-5-18(14-19)24-21(23-13-10-16-4-1-2-7-22(16)31-23)15-30-25(32-24)17-8-11-20(33)12-9-17/h1-15,33H. The van der Waals surface area contributed by atoms with E-state index in [-0.39, 0.29) is 5.75 Å². The highest BCUT2D eigenvalue weighted by molar-refractivity contribution is 5.85. The van der Waals surface area contributed by atoms with E-state index in [1.807, 2.05) is 30.3 Å². The van der Waals surface area contributed by atoms with Gasteiger partial charge in [0.05, 0.1) is 22.5 Å². The van der Waals surface area contributed by atoms with Crippen molar-refractivity contribution < 1.29 is 18.3 Å². The highest BCUT2D eigenvalue weighted by Crippen LogP contribution is 2.36. The fraction of sp³-hybridized carbons (Fsp3) is 0.0385. The lowest BCUT2D eigenvalue weighted by molar-refractivity contribution is -0.137. The second kappa shape index (κ2) is 8.02. The topological polar surface area (TPSA) is 58.9 Å². The predicted molar refractivity (Wildman–Crippen MR) is 120 cm³/mol. The molecule has 4 nitrogen and oxygen atoms in total. The van der Waals surface area contributed by atoms with Gasteiger partial charge in [-0.25, -0.2) is 15.0 Å². The first-order valence-corrected chi connectivity index (χ1v) is 10.1. The molecule has 0 bridgehead atoms. The summed E-state index contributed by atoms with van der Waals surface area (Å²) in [4.78, 5) is 13.7. The lowest BCUT2D eigenvalue weighted by atomic mass is 10.0. The van der Waals surface area contributed by atoms with Gasteiger partial charge in [-0.2, -0.15) is 13.2 Å². The van der Waals surface area contributed by atoms with Crippen LogP contribution in [-0.2, 0) is 6.18 Å². The summed E-state index contributed by atoms with van der Waals surface area (Å²) in [5.74, 6) is 0.417. The summed E-state index contributed by atoms with van der Waals surface area (Å²) in [6.45, 7) is 0. The minimum atomic E-state index is -4.48. The van der Waals surface area contributed by atoms with Crippen LogP contribution in [0.25, 0.3) is 44.8 Å². The van der Waals surface area contributed by atoms with Crippen LogP contribution >= 0.6 is 0 Å². The molecule has 0 atom stereocenters. The normalized spacial score (nSPS) is 11.6. The number of benzene rings is 3. The molecule has 0 aliphatic rings. The molecule has 162 valence electrons. The van der Waals surface area contributed by atoms with E-state index in [0.29, 0.717) is 33.9 Å². The zero-order valence-corrected chi connectivity index (χ0v) is 17.1.